The summed E-state index contributed by atoms with van der Waals surface area (Å²) in [6.07, 6.45) is 8.28. The molecule has 0 aromatic carbocycles. The number of nitriles is 1. The first-order chi connectivity index (χ1) is 13.0. The summed E-state index contributed by atoms with van der Waals surface area (Å²) < 4.78 is 27.5. The van der Waals surface area contributed by atoms with E-state index in [1.165, 1.54) is 16.7 Å². The van der Waals surface area contributed by atoms with Crippen LogP contribution < -0.4 is 0 Å². The molecule has 3 aromatic rings. The molecular weight excluding hydrogens is 366 g/mol. The van der Waals surface area contributed by atoms with Crippen LogP contribution in [0, 0.1) is 11.3 Å². The van der Waals surface area contributed by atoms with Gasteiger partial charge in [-0.1, -0.05) is 6.08 Å². The molecule has 0 spiro atoms. The number of rotatable bonds is 6. The zero-order chi connectivity index (χ0) is 19.1. The van der Waals surface area contributed by atoms with E-state index < -0.39 is 15.6 Å². The van der Waals surface area contributed by atoms with Gasteiger partial charge in [0.15, 0.2) is 0 Å². The van der Waals surface area contributed by atoms with Crippen LogP contribution in [0.2, 0.25) is 0 Å². The highest BCUT2D eigenvalue weighted by atomic mass is 32.2. The number of nitrogens with one attached hydrogen (secondary N) is 1. The van der Waals surface area contributed by atoms with Crippen molar-refractivity contribution in [3.63, 3.8) is 0 Å². The molecule has 1 aliphatic rings. The molecule has 0 bridgehead atoms. The maximum atomic E-state index is 12.2. The minimum absolute atomic E-state index is 0.119. The van der Waals surface area contributed by atoms with Crippen molar-refractivity contribution < 1.29 is 8.42 Å². The van der Waals surface area contributed by atoms with Gasteiger partial charge in [-0.05, 0) is 6.07 Å². The van der Waals surface area contributed by atoms with Crippen LogP contribution in [-0.4, -0.2) is 56.3 Å². The highest BCUT2D eigenvalue weighted by molar-refractivity contribution is 7.89. The summed E-state index contributed by atoms with van der Waals surface area (Å²) in [7, 11) is -3.40. The van der Waals surface area contributed by atoms with Crippen LogP contribution in [-0.2, 0) is 15.6 Å². The Morgan fingerprint density at radius 3 is 2.96 bits per heavy atom. The van der Waals surface area contributed by atoms with Crippen LogP contribution in [0.5, 0.6) is 0 Å². The standard InChI is InChI=1S/C17H17N7O2S/c1-2-7-27(25,26)23-10-17(11-23,4-5-18)24-9-13(8-22-24)15-14-3-6-19-16(14)21-12-20-15/h2-3,6,8-9,12H,1,4,7,10-11H2,(H,19,20,21). The molecule has 0 aliphatic carbocycles. The molecule has 0 unspecified atom stereocenters. The summed E-state index contributed by atoms with van der Waals surface area (Å²) in [5, 5.41) is 14.5. The second-order valence-corrected chi connectivity index (χ2v) is 8.54. The molecule has 4 heterocycles. The van der Waals surface area contributed by atoms with E-state index in [1.807, 2.05) is 12.3 Å². The predicted molar refractivity (Wildman–Crippen MR) is 98.9 cm³/mol. The normalized spacial score (nSPS) is 16.7. The average molecular weight is 383 g/mol. The quantitative estimate of drug-likeness (QED) is 0.640. The summed E-state index contributed by atoms with van der Waals surface area (Å²) in [6, 6.07) is 4.04. The van der Waals surface area contributed by atoms with Crippen molar-refractivity contribution in [2.24, 2.45) is 0 Å². The second kappa shape index (κ2) is 6.29. The van der Waals surface area contributed by atoms with Crippen LogP contribution in [0.4, 0.5) is 0 Å². The van der Waals surface area contributed by atoms with E-state index in [4.69, 9.17) is 0 Å². The van der Waals surface area contributed by atoms with Crippen molar-refractivity contribution in [2.45, 2.75) is 12.0 Å². The van der Waals surface area contributed by atoms with Crippen molar-refractivity contribution in [2.75, 3.05) is 18.8 Å². The van der Waals surface area contributed by atoms with Crippen molar-refractivity contribution >= 4 is 21.1 Å². The Balaban J connectivity index is 1.66. The molecule has 10 heteroatoms. The monoisotopic (exact) mass is 383 g/mol. The molecular formula is C17H17N7O2S. The average Bonchev–Trinajstić information content (AvgIpc) is 3.26. The zero-order valence-corrected chi connectivity index (χ0v) is 15.2. The minimum atomic E-state index is -3.40. The third-order valence-corrected chi connectivity index (χ3v) is 6.47. The Bertz CT molecular complexity index is 1150. The van der Waals surface area contributed by atoms with Gasteiger partial charge in [0.2, 0.25) is 10.0 Å². The summed E-state index contributed by atoms with van der Waals surface area (Å²) in [4.78, 5) is 11.6. The first-order valence-electron chi connectivity index (χ1n) is 8.28. The van der Waals surface area contributed by atoms with E-state index in [-0.39, 0.29) is 25.3 Å². The molecule has 1 N–H and O–H groups in total. The predicted octanol–water partition coefficient (Wildman–Crippen LogP) is 1.26. The Morgan fingerprint density at radius 2 is 2.22 bits per heavy atom. The molecule has 3 aromatic heterocycles. The number of aromatic nitrogens is 5. The Kier molecular flexibility index (Phi) is 4.05. The first kappa shape index (κ1) is 17.4. The summed E-state index contributed by atoms with van der Waals surface area (Å²) in [5.74, 6) is -0.119. The fourth-order valence-corrected chi connectivity index (χ4v) is 4.74. The van der Waals surface area contributed by atoms with Gasteiger partial charge in [0.1, 0.15) is 17.5 Å². The van der Waals surface area contributed by atoms with E-state index in [1.54, 1.807) is 17.1 Å². The number of sulfonamides is 1. The van der Waals surface area contributed by atoms with Gasteiger partial charge in [0.05, 0.1) is 30.1 Å². The molecule has 4 rings (SSSR count). The Morgan fingerprint density at radius 1 is 1.41 bits per heavy atom. The molecule has 0 amide bonds. The topological polar surface area (TPSA) is 121 Å². The highest BCUT2D eigenvalue weighted by Crippen LogP contribution is 2.35. The summed E-state index contributed by atoms with van der Waals surface area (Å²) >= 11 is 0. The second-order valence-electron chi connectivity index (χ2n) is 6.53. The fourth-order valence-electron chi connectivity index (χ4n) is 3.35. The Hall–Kier alpha value is -3.03. The third kappa shape index (κ3) is 2.81. The van der Waals surface area contributed by atoms with E-state index in [2.05, 4.69) is 32.7 Å². The zero-order valence-electron chi connectivity index (χ0n) is 14.4. The van der Waals surface area contributed by atoms with Crippen molar-refractivity contribution in [3.8, 4) is 17.3 Å². The van der Waals surface area contributed by atoms with Gasteiger partial charge < -0.3 is 4.98 Å². The lowest BCUT2D eigenvalue weighted by Crippen LogP contribution is -2.64. The van der Waals surface area contributed by atoms with Crippen molar-refractivity contribution in [1.29, 1.82) is 5.26 Å². The van der Waals surface area contributed by atoms with E-state index in [9.17, 15) is 13.7 Å². The number of H-pyrrole nitrogens is 1. The maximum Gasteiger partial charge on any atom is 0.217 e. The molecule has 0 radical (unpaired) electrons. The molecule has 0 saturated carbocycles. The van der Waals surface area contributed by atoms with Crippen molar-refractivity contribution in [3.05, 3.63) is 43.6 Å². The Labute approximate surface area is 156 Å². The minimum Gasteiger partial charge on any atom is -0.346 e. The van der Waals surface area contributed by atoms with Gasteiger partial charge in [0.25, 0.3) is 0 Å². The highest BCUT2D eigenvalue weighted by Gasteiger charge is 2.49. The molecule has 0 atom stereocenters. The molecule has 1 aliphatic heterocycles. The SMILES string of the molecule is C=CCS(=O)(=O)N1CC(CC#N)(n2cc(-c3ncnc4[nH]ccc34)cn2)C1. The van der Waals surface area contributed by atoms with Gasteiger partial charge >= 0.3 is 0 Å². The van der Waals surface area contributed by atoms with Gasteiger partial charge in [-0.25, -0.2) is 18.4 Å². The van der Waals surface area contributed by atoms with Crippen LogP contribution in [0.3, 0.4) is 0 Å². The lowest BCUT2D eigenvalue weighted by atomic mass is 9.89. The molecule has 1 saturated heterocycles. The van der Waals surface area contributed by atoms with Gasteiger partial charge in [-0.3, -0.25) is 4.68 Å². The molecule has 1 fully saturated rings. The van der Waals surface area contributed by atoms with Gasteiger partial charge in [-0.15, -0.1) is 6.58 Å². The van der Waals surface area contributed by atoms with Crippen LogP contribution in [0.1, 0.15) is 6.42 Å². The lowest BCUT2D eigenvalue weighted by molar-refractivity contribution is 0.0720. The fraction of sp³-hybridized carbons (Fsp3) is 0.294. The number of nitrogens with zero attached hydrogens (tertiary/aromatic N) is 6. The van der Waals surface area contributed by atoms with E-state index >= 15 is 0 Å². The maximum absolute atomic E-state index is 12.2. The van der Waals surface area contributed by atoms with Crippen molar-refractivity contribution in [1.82, 2.24) is 29.0 Å². The number of fused-ring (bicyclic) bond motifs is 1. The number of hydrogen-bond acceptors (Lipinski definition) is 6. The van der Waals surface area contributed by atoms with Crippen LogP contribution in [0.15, 0.2) is 43.6 Å². The first-order valence-corrected chi connectivity index (χ1v) is 9.89. The number of aromatic amines is 1. The smallest absolute Gasteiger partial charge is 0.217 e. The van der Waals surface area contributed by atoms with Crippen LogP contribution in [0.25, 0.3) is 22.3 Å². The molecule has 27 heavy (non-hydrogen) atoms. The molecule has 9 nitrogen and oxygen atoms in total. The van der Waals surface area contributed by atoms with Gasteiger partial charge in [-0.2, -0.15) is 14.7 Å². The largest absolute Gasteiger partial charge is 0.346 e. The van der Waals surface area contributed by atoms with Crippen LogP contribution >= 0.6 is 0 Å². The van der Waals surface area contributed by atoms with Gasteiger partial charge in [0, 0.05) is 36.4 Å². The lowest BCUT2D eigenvalue weighted by Gasteiger charge is -2.47. The van der Waals surface area contributed by atoms with E-state index in [0.29, 0.717) is 0 Å². The summed E-state index contributed by atoms with van der Waals surface area (Å²) in [6.45, 7) is 3.90. The number of hydrogen-bond donors (Lipinski definition) is 1. The van der Waals surface area contributed by atoms with E-state index in [0.717, 1.165) is 22.3 Å². The molecule has 138 valence electrons. The summed E-state index contributed by atoms with van der Waals surface area (Å²) in [5.41, 5.74) is 1.57. The third-order valence-electron chi connectivity index (χ3n) is 4.77.